The first-order chi connectivity index (χ1) is 14.4. The van der Waals surface area contributed by atoms with Crippen molar-refractivity contribution < 1.29 is 12.8 Å². The summed E-state index contributed by atoms with van der Waals surface area (Å²) in [5, 5.41) is 0. The minimum absolute atomic E-state index is 0.230. The van der Waals surface area contributed by atoms with Crippen LogP contribution in [-0.4, -0.2) is 13.4 Å². The molecular weight excluding hydrogens is 396 g/mol. The van der Waals surface area contributed by atoms with E-state index in [0.717, 1.165) is 28.6 Å². The second-order valence-electron chi connectivity index (χ2n) is 7.55. The van der Waals surface area contributed by atoms with E-state index in [1.165, 1.54) is 5.56 Å². The van der Waals surface area contributed by atoms with E-state index in [1.807, 2.05) is 13.0 Å². The highest BCUT2D eigenvalue weighted by Gasteiger charge is 2.15. The highest BCUT2D eigenvalue weighted by atomic mass is 32.2. The molecule has 0 bridgehead atoms. The van der Waals surface area contributed by atoms with Crippen LogP contribution in [-0.2, 0) is 10.0 Å². The number of sulfonamides is 1. The van der Waals surface area contributed by atoms with Gasteiger partial charge in [-0.2, -0.15) is 0 Å². The summed E-state index contributed by atoms with van der Waals surface area (Å²) in [5.41, 5.74) is 5.08. The third-order valence-corrected chi connectivity index (χ3v) is 6.71. The standard InChI is InChI=1S/C24H24N2O3S/c1-4-17(3)19-9-14-23-22(15-19)25-24(29-23)18-7-10-20(11-8-18)26-30(27,28)21-12-5-16(2)6-13-21/h5-15,17,26H,4H2,1-3H3. The topological polar surface area (TPSA) is 72.2 Å². The molecular formula is C24H24N2O3S. The van der Waals surface area contributed by atoms with Crippen LogP contribution in [0.4, 0.5) is 5.69 Å². The van der Waals surface area contributed by atoms with Crippen molar-refractivity contribution in [2.24, 2.45) is 0 Å². The maximum atomic E-state index is 12.6. The Hall–Kier alpha value is -3.12. The number of rotatable bonds is 6. The number of hydrogen-bond acceptors (Lipinski definition) is 4. The van der Waals surface area contributed by atoms with Gasteiger partial charge in [0, 0.05) is 11.3 Å². The van der Waals surface area contributed by atoms with Gasteiger partial charge >= 0.3 is 0 Å². The van der Waals surface area contributed by atoms with Crippen LogP contribution in [0.25, 0.3) is 22.6 Å². The largest absolute Gasteiger partial charge is 0.436 e. The maximum Gasteiger partial charge on any atom is 0.261 e. The van der Waals surface area contributed by atoms with Crippen molar-refractivity contribution in [3.63, 3.8) is 0 Å². The van der Waals surface area contributed by atoms with E-state index in [4.69, 9.17) is 4.42 Å². The lowest BCUT2D eigenvalue weighted by atomic mass is 9.98. The van der Waals surface area contributed by atoms with Gasteiger partial charge in [-0.3, -0.25) is 4.72 Å². The van der Waals surface area contributed by atoms with Gasteiger partial charge in [-0.1, -0.05) is 37.6 Å². The van der Waals surface area contributed by atoms with Crippen LogP contribution in [0.1, 0.15) is 37.3 Å². The first-order valence-corrected chi connectivity index (χ1v) is 11.4. The van der Waals surface area contributed by atoms with Crippen LogP contribution in [0.2, 0.25) is 0 Å². The molecule has 1 aromatic heterocycles. The van der Waals surface area contributed by atoms with Gasteiger partial charge in [0.05, 0.1) is 4.90 Å². The molecule has 0 aliphatic rings. The molecule has 1 heterocycles. The average molecular weight is 421 g/mol. The van der Waals surface area contributed by atoms with E-state index in [9.17, 15) is 8.42 Å². The van der Waals surface area contributed by atoms with Crippen LogP contribution < -0.4 is 4.72 Å². The smallest absolute Gasteiger partial charge is 0.261 e. The maximum absolute atomic E-state index is 12.6. The molecule has 30 heavy (non-hydrogen) atoms. The molecule has 0 amide bonds. The Morgan fingerprint density at radius 2 is 1.70 bits per heavy atom. The summed E-state index contributed by atoms with van der Waals surface area (Å²) in [6.45, 7) is 6.27. The Kier molecular flexibility index (Phi) is 5.35. The summed E-state index contributed by atoms with van der Waals surface area (Å²) < 4.78 is 33.6. The Labute approximate surface area is 176 Å². The van der Waals surface area contributed by atoms with Crippen LogP contribution in [0.15, 0.2) is 76.0 Å². The molecule has 5 nitrogen and oxygen atoms in total. The van der Waals surface area contributed by atoms with Crippen molar-refractivity contribution in [3.8, 4) is 11.5 Å². The fourth-order valence-corrected chi connectivity index (χ4v) is 4.28. The predicted octanol–water partition coefficient (Wildman–Crippen LogP) is 6.12. The molecule has 4 rings (SSSR count). The summed E-state index contributed by atoms with van der Waals surface area (Å²) in [4.78, 5) is 4.84. The van der Waals surface area contributed by atoms with Gasteiger partial charge in [0.25, 0.3) is 10.0 Å². The Morgan fingerprint density at radius 3 is 2.37 bits per heavy atom. The predicted molar refractivity (Wildman–Crippen MR) is 120 cm³/mol. The molecule has 4 aromatic rings. The number of benzene rings is 3. The lowest BCUT2D eigenvalue weighted by Crippen LogP contribution is -2.12. The molecule has 0 aliphatic heterocycles. The number of oxazole rings is 1. The van der Waals surface area contributed by atoms with Crippen molar-refractivity contribution >= 4 is 26.8 Å². The zero-order valence-electron chi connectivity index (χ0n) is 17.2. The Bertz CT molecular complexity index is 1270. The van der Waals surface area contributed by atoms with Crippen molar-refractivity contribution in [3.05, 3.63) is 77.9 Å². The van der Waals surface area contributed by atoms with E-state index < -0.39 is 10.0 Å². The van der Waals surface area contributed by atoms with Crippen molar-refractivity contribution in [2.75, 3.05) is 4.72 Å². The van der Waals surface area contributed by atoms with Gasteiger partial charge < -0.3 is 4.42 Å². The number of fused-ring (bicyclic) bond motifs is 1. The van der Waals surface area contributed by atoms with E-state index in [1.54, 1.807) is 48.5 Å². The number of hydrogen-bond donors (Lipinski definition) is 1. The highest BCUT2D eigenvalue weighted by molar-refractivity contribution is 7.92. The lowest BCUT2D eigenvalue weighted by Gasteiger charge is -2.08. The monoisotopic (exact) mass is 420 g/mol. The molecule has 0 saturated carbocycles. The number of anilines is 1. The lowest BCUT2D eigenvalue weighted by molar-refractivity contribution is 0.601. The van der Waals surface area contributed by atoms with Gasteiger partial charge in [-0.05, 0) is 73.4 Å². The minimum atomic E-state index is -3.63. The molecule has 1 atom stereocenters. The molecule has 0 fully saturated rings. The fourth-order valence-electron chi connectivity index (χ4n) is 3.22. The van der Waals surface area contributed by atoms with Crippen LogP contribution in [0.3, 0.4) is 0 Å². The summed E-state index contributed by atoms with van der Waals surface area (Å²) >= 11 is 0. The SMILES string of the molecule is CCC(C)c1ccc2oc(-c3ccc(NS(=O)(=O)c4ccc(C)cc4)cc3)nc2c1. The number of aryl methyl sites for hydroxylation is 1. The molecule has 0 aliphatic carbocycles. The normalized spacial score (nSPS) is 12.8. The third kappa shape index (κ3) is 4.09. The first-order valence-electron chi connectivity index (χ1n) is 9.96. The number of nitrogens with zero attached hydrogens (tertiary/aromatic N) is 1. The molecule has 1 unspecified atom stereocenters. The first kappa shape index (κ1) is 20.2. The van der Waals surface area contributed by atoms with Crippen molar-refractivity contribution in [1.82, 2.24) is 4.98 Å². The zero-order valence-corrected chi connectivity index (χ0v) is 18.0. The van der Waals surface area contributed by atoms with E-state index in [0.29, 0.717) is 17.5 Å². The molecule has 0 radical (unpaired) electrons. The Balaban J connectivity index is 1.56. The fraction of sp³-hybridized carbons (Fsp3) is 0.208. The number of nitrogens with one attached hydrogen (secondary N) is 1. The van der Waals surface area contributed by atoms with Crippen LogP contribution in [0, 0.1) is 6.92 Å². The van der Waals surface area contributed by atoms with E-state index in [-0.39, 0.29) is 4.90 Å². The van der Waals surface area contributed by atoms with Gasteiger partial charge in [0.2, 0.25) is 5.89 Å². The summed E-state index contributed by atoms with van der Waals surface area (Å²) in [6, 6.07) is 19.9. The molecule has 3 aromatic carbocycles. The minimum Gasteiger partial charge on any atom is -0.436 e. The van der Waals surface area contributed by atoms with Crippen molar-refractivity contribution in [1.29, 1.82) is 0 Å². The second-order valence-corrected chi connectivity index (χ2v) is 9.23. The molecule has 0 spiro atoms. The van der Waals surface area contributed by atoms with Gasteiger partial charge in [0.15, 0.2) is 5.58 Å². The summed E-state index contributed by atoms with van der Waals surface area (Å²) in [5.74, 6) is 0.981. The van der Waals surface area contributed by atoms with E-state index >= 15 is 0 Å². The van der Waals surface area contributed by atoms with E-state index in [2.05, 4.69) is 35.7 Å². The molecule has 154 valence electrons. The van der Waals surface area contributed by atoms with Crippen LogP contribution >= 0.6 is 0 Å². The summed E-state index contributed by atoms with van der Waals surface area (Å²) in [7, 11) is -3.63. The Morgan fingerprint density at radius 1 is 1.00 bits per heavy atom. The highest BCUT2D eigenvalue weighted by Crippen LogP contribution is 2.29. The van der Waals surface area contributed by atoms with Crippen molar-refractivity contribution in [2.45, 2.75) is 38.0 Å². The number of aromatic nitrogens is 1. The van der Waals surface area contributed by atoms with Gasteiger partial charge in [0.1, 0.15) is 5.52 Å². The zero-order chi connectivity index (χ0) is 21.3. The quantitative estimate of drug-likeness (QED) is 0.408. The summed E-state index contributed by atoms with van der Waals surface area (Å²) in [6.07, 6.45) is 1.07. The molecule has 6 heteroatoms. The van der Waals surface area contributed by atoms with Gasteiger partial charge in [-0.25, -0.2) is 13.4 Å². The molecule has 1 N–H and O–H groups in total. The average Bonchev–Trinajstić information content (AvgIpc) is 3.17. The second kappa shape index (κ2) is 7.95. The van der Waals surface area contributed by atoms with Crippen LogP contribution in [0.5, 0.6) is 0 Å². The molecule has 0 saturated heterocycles. The van der Waals surface area contributed by atoms with Gasteiger partial charge in [-0.15, -0.1) is 0 Å². The third-order valence-electron chi connectivity index (χ3n) is 5.31.